The van der Waals surface area contributed by atoms with Crippen LogP contribution in [0.5, 0.6) is 5.75 Å². The molecule has 1 N–H and O–H groups in total. The van der Waals surface area contributed by atoms with Gasteiger partial charge < -0.3 is 14.4 Å². The zero-order chi connectivity index (χ0) is 26.8. The highest BCUT2D eigenvalue weighted by Gasteiger charge is 2.22. The first-order chi connectivity index (χ1) is 18.4. The molecule has 3 aromatic carbocycles. The molecule has 0 aliphatic heterocycles. The summed E-state index contributed by atoms with van der Waals surface area (Å²) in [5.41, 5.74) is 5.69. The summed E-state index contributed by atoms with van der Waals surface area (Å²) in [5, 5.41) is 15.3. The summed E-state index contributed by atoms with van der Waals surface area (Å²) in [6, 6.07) is 20.4. The third-order valence-electron chi connectivity index (χ3n) is 6.33. The van der Waals surface area contributed by atoms with Crippen molar-refractivity contribution >= 4 is 40.1 Å². The van der Waals surface area contributed by atoms with Crippen molar-refractivity contribution in [2.24, 2.45) is 0 Å². The van der Waals surface area contributed by atoms with Crippen LogP contribution in [-0.2, 0) is 13.0 Å². The number of ether oxygens (including phenoxy) is 1. The molecule has 0 fully saturated rings. The van der Waals surface area contributed by atoms with Crippen molar-refractivity contribution in [2.45, 2.75) is 33.3 Å². The molecule has 6 nitrogen and oxygen atoms in total. The summed E-state index contributed by atoms with van der Waals surface area (Å²) in [6.07, 6.45) is 1.61. The number of hydrogen-bond donors (Lipinski definition) is 1. The third-order valence-corrected chi connectivity index (χ3v) is 6.96. The van der Waals surface area contributed by atoms with Gasteiger partial charge in [0, 0.05) is 17.4 Å². The molecule has 0 atom stereocenters. The van der Waals surface area contributed by atoms with Crippen molar-refractivity contribution < 1.29 is 19.2 Å². The Labute approximate surface area is 229 Å². The van der Waals surface area contributed by atoms with Crippen LogP contribution < -0.4 is 4.74 Å². The summed E-state index contributed by atoms with van der Waals surface area (Å²) >= 11 is 12.9. The molecule has 192 valence electrons. The molecule has 0 aliphatic rings. The Kier molecular flexibility index (Phi) is 7.36. The van der Waals surface area contributed by atoms with Crippen molar-refractivity contribution in [1.82, 2.24) is 10.1 Å². The number of fused-ring (bicyclic) bond motifs is 1. The van der Waals surface area contributed by atoms with Gasteiger partial charge >= 0.3 is 5.97 Å². The Balaban J connectivity index is 1.41. The Bertz CT molecular complexity index is 1640. The van der Waals surface area contributed by atoms with E-state index in [-0.39, 0.29) is 12.3 Å². The molecule has 0 bridgehead atoms. The van der Waals surface area contributed by atoms with Crippen LogP contribution in [0.2, 0.25) is 10.0 Å². The predicted molar refractivity (Wildman–Crippen MR) is 149 cm³/mol. The van der Waals surface area contributed by atoms with Crippen LogP contribution in [-0.4, -0.2) is 21.2 Å². The first-order valence-corrected chi connectivity index (χ1v) is 12.9. The highest BCUT2D eigenvalue weighted by Crippen LogP contribution is 2.38. The van der Waals surface area contributed by atoms with E-state index in [0.29, 0.717) is 26.8 Å². The van der Waals surface area contributed by atoms with Crippen LogP contribution in [0.25, 0.3) is 33.3 Å². The topological polar surface area (TPSA) is 85.5 Å². The molecular weight excluding hydrogens is 523 g/mol. The maximum absolute atomic E-state index is 11.2. The van der Waals surface area contributed by atoms with Gasteiger partial charge in [-0.2, -0.15) is 0 Å². The minimum atomic E-state index is -1.04. The van der Waals surface area contributed by atoms with Gasteiger partial charge in [-0.3, -0.25) is 0 Å². The number of nitrogens with zero attached hydrogens (tertiary/aromatic N) is 2. The second-order valence-corrected chi connectivity index (χ2v) is 9.77. The van der Waals surface area contributed by atoms with E-state index >= 15 is 0 Å². The van der Waals surface area contributed by atoms with Crippen molar-refractivity contribution in [3.63, 3.8) is 0 Å². The molecular formula is C30H24Cl2N2O4. The number of carboxylic acid groups (broad SMARTS) is 1. The Hall–Kier alpha value is -3.87. The molecule has 0 saturated carbocycles. The Morgan fingerprint density at radius 2 is 1.74 bits per heavy atom. The number of halogens is 2. The van der Waals surface area contributed by atoms with Gasteiger partial charge in [-0.1, -0.05) is 59.5 Å². The molecule has 0 aliphatic carbocycles. The number of rotatable bonds is 8. The largest absolute Gasteiger partial charge is 0.488 e. The van der Waals surface area contributed by atoms with E-state index in [2.05, 4.69) is 23.1 Å². The van der Waals surface area contributed by atoms with E-state index in [1.165, 1.54) is 6.07 Å². The summed E-state index contributed by atoms with van der Waals surface area (Å²) < 4.78 is 11.9. The number of aryl methyl sites for hydroxylation is 2. The lowest BCUT2D eigenvalue weighted by atomic mass is 10.0. The fourth-order valence-electron chi connectivity index (χ4n) is 4.40. The maximum atomic E-state index is 11.2. The fourth-order valence-corrected chi connectivity index (χ4v) is 4.98. The van der Waals surface area contributed by atoms with Gasteiger partial charge in [0.15, 0.2) is 0 Å². The molecule has 8 heteroatoms. The van der Waals surface area contributed by atoms with Crippen LogP contribution in [0.1, 0.15) is 40.7 Å². The van der Waals surface area contributed by atoms with E-state index in [4.69, 9.17) is 32.5 Å². The van der Waals surface area contributed by atoms with Gasteiger partial charge in [-0.25, -0.2) is 9.78 Å². The second-order valence-electron chi connectivity index (χ2n) is 8.96. The first kappa shape index (κ1) is 25.8. The highest BCUT2D eigenvalue weighted by molar-refractivity contribution is 6.39. The molecule has 0 saturated heterocycles. The quantitative estimate of drug-likeness (QED) is 0.210. The van der Waals surface area contributed by atoms with E-state index < -0.39 is 5.97 Å². The van der Waals surface area contributed by atoms with Crippen LogP contribution in [0.4, 0.5) is 0 Å². The fraction of sp³-hybridized carbons (Fsp3) is 0.167. The molecule has 0 radical (unpaired) electrons. The summed E-state index contributed by atoms with van der Waals surface area (Å²) in [4.78, 5) is 15.4. The van der Waals surface area contributed by atoms with Crippen LogP contribution >= 0.6 is 23.2 Å². The molecule has 0 spiro atoms. The molecule has 2 aromatic heterocycles. The average molecular weight is 547 g/mol. The zero-order valence-corrected chi connectivity index (χ0v) is 22.3. The number of aromatic nitrogens is 2. The van der Waals surface area contributed by atoms with Crippen LogP contribution in [0.3, 0.4) is 0 Å². The summed E-state index contributed by atoms with van der Waals surface area (Å²) in [6.45, 7) is 4.32. The number of hydrogen-bond acceptors (Lipinski definition) is 5. The SMILES string of the molecule is CCCc1onc(-c2c(Cl)cccc2Cl)c1COc1ccc(-c2ccc3nc(C(=O)O)ccc3c2)cc1C. The van der Waals surface area contributed by atoms with Crippen molar-refractivity contribution in [1.29, 1.82) is 0 Å². The van der Waals surface area contributed by atoms with Gasteiger partial charge in [0.05, 0.1) is 21.1 Å². The maximum Gasteiger partial charge on any atom is 0.354 e. The Morgan fingerprint density at radius 3 is 2.45 bits per heavy atom. The van der Waals surface area contributed by atoms with E-state index in [0.717, 1.165) is 52.0 Å². The molecule has 0 amide bonds. The lowest BCUT2D eigenvalue weighted by molar-refractivity contribution is 0.0691. The number of carbonyl (C=O) groups is 1. The van der Waals surface area contributed by atoms with Crippen LogP contribution in [0, 0.1) is 6.92 Å². The zero-order valence-electron chi connectivity index (χ0n) is 20.8. The summed E-state index contributed by atoms with van der Waals surface area (Å²) in [7, 11) is 0. The van der Waals surface area contributed by atoms with E-state index in [1.807, 2.05) is 37.3 Å². The van der Waals surface area contributed by atoms with Crippen molar-refractivity contribution in [3.05, 3.63) is 99.4 Å². The highest BCUT2D eigenvalue weighted by atomic mass is 35.5. The van der Waals surface area contributed by atoms with E-state index in [1.54, 1.807) is 24.3 Å². The lowest BCUT2D eigenvalue weighted by Gasteiger charge is -2.13. The number of aromatic carboxylic acids is 1. The van der Waals surface area contributed by atoms with E-state index in [9.17, 15) is 9.90 Å². The number of carboxylic acids is 1. The van der Waals surface area contributed by atoms with Crippen molar-refractivity contribution in [2.75, 3.05) is 0 Å². The Morgan fingerprint density at radius 1 is 1.00 bits per heavy atom. The van der Waals surface area contributed by atoms with Crippen molar-refractivity contribution in [3.8, 4) is 28.1 Å². The minimum absolute atomic E-state index is 0.0254. The second kappa shape index (κ2) is 10.9. The summed E-state index contributed by atoms with van der Waals surface area (Å²) in [5.74, 6) is 0.447. The van der Waals surface area contributed by atoms with Gasteiger partial charge in [0.1, 0.15) is 29.5 Å². The smallest absolute Gasteiger partial charge is 0.354 e. The standard InChI is InChI=1S/C30H24Cl2N2O4/c1-3-5-27-21(29(34-38-27)28-22(31)6-4-7-23(28)32)16-37-26-13-10-18(14-17(26)2)19-8-11-24-20(15-19)9-12-25(33-24)30(35)36/h4,6-15H,3,5,16H2,1-2H3,(H,35,36). The van der Waals surface area contributed by atoms with Gasteiger partial charge in [0.25, 0.3) is 0 Å². The van der Waals surface area contributed by atoms with Gasteiger partial charge in [-0.05, 0) is 72.5 Å². The number of benzene rings is 3. The molecule has 5 aromatic rings. The lowest BCUT2D eigenvalue weighted by Crippen LogP contribution is -2.01. The third kappa shape index (κ3) is 5.10. The predicted octanol–water partition coefficient (Wildman–Crippen LogP) is 8.40. The van der Waals surface area contributed by atoms with Gasteiger partial charge in [0.2, 0.25) is 0 Å². The van der Waals surface area contributed by atoms with Crippen LogP contribution in [0.15, 0.2) is 71.3 Å². The number of pyridine rings is 1. The first-order valence-electron chi connectivity index (χ1n) is 12.2. The average Bonchev–Trinajstić information content (AvgIpc) is 3.29. The normalized spacial score (nSPS) is 11.2. The molecule has 2 heterocycles. The monoisotopic (exact) mass is 546 g/mol. The van der Waals surface area contributed by atoms with Gasteiger partial charge in [-0.15, -0.1) is 0 Å². The molecule has 38 heavy (non-hydrogen) atoms. The minimum Gasteiger partial charge on any atom is -0.488 e. The molecule has 0 unspecified atom stereocenters. The molecule has 5 rings (SSSR count).